The summed E-state index contributed by atoms with van der Waals surface area (Å²) in [5, 5.41) is 3.82. The van der Waals surface area contributed by atoms with E-state index in [4.69, 9.17) is 0 Å². The number of aryl methyl sites for hydroxylation is 2. The zero-order valence-corrected chi connectivity index (χ0v) is 11.5. The van der Waals surface area contributed by atoms with Crippen LogP contribution in [0.1, 0.15) is 21.9 Å². The Bertz CT molecular complexity index is 568. The van der Waals surface area contributed by atoms with Gasteiger partial charge in [0.05, 0.1) is 11.6 Å². The van der Waals surface area contributed by atoms with Crippen molar-refractivity contribution in [3.63, 3.8) is 0 Å². The molecule has 0 radical (unpaired) electrons. The van der Waals surface area contributed by atoms with Gasteiger partial charge in [-0.2, -0.15) is 0 Å². The second-order valence-corrected chi connectivity index (χ2v) is 5.57. The highest BCUT2D eigenvalue weighted by Gasteiger charge is 2.04. The van der Waals surface area contributed by atoms with Crippen molar-refractivity contribution in [3.05, 3.63) is 51.7 Å². The van der Waals surface area contributed by atoms with Gasteiger partial charge in [0.25, 0.3) is 0 Å². The number of carbonyl (C=O) groups is 1. The molecular formula is C14H15FN2OS. The summed E-state index contributed by atoms with van der Waals surface area (Å²) in [7, 11) is 0. The molecule has 0 aliphatic rings. The Morgan fingerprint density at radius 1 is 1.47 bits per heavy atom. The lowest BCUT2D eigenvalue weighted by Crippen LogP contribution is -2.22. The molecule has 0 spiro atoms. The van der Waals surface area contributed by atoms with Gasteiger partial charge in [0, 0.05) is 17.5 Å². The van der Waals surface area contributed by atoms with Gasteiger partial charge >= 0.3 is 0 Å². The highest BCUT2D eigenvalue weighted by molar-refractivity contribution is 7.11. The summed E-state index contributed by atoms with van der Waals surface area (Å²) in [5.41, 5.74) is 0.837. The van der Waals surface area contributed by atoms with Crippen molar-refractivity contribution >= 4 is 17.2 Å². The summed E-state index contributed by atoms with van der Waals surface area (Å²) in [6.07, 6.45) is 2.68. The maximum atomic E-state index is 13.0. The number of aromatic nitrogens is 1. The molecule has 0 aliphatic carbocycles. The first-order valence-corrected chi connectivity index (χ1v) is 6.87. The van der Waals surface area contributed by atoms with Gasteiger partial charge in [-0.1, -0.05) is 12.1 Å². The fourth-order valence-electron chi connectivity index (χ4n) is 1.71. The van der Waals surface area contributed by atoms with Crippen LogP contribution < -0.4 is 5.32 Å². The number of thiazole rings is 1. The summed E-state index contributed by atoms with van der Waals surface area (Å²) in [4.78, 5) is 16.8. The van der Waals surface area contributed by atoms with Crippen LogP contribution in [0.3, 0.4) is 0 Å². The van der Waals surface area contributed by atoms with Crippen LogP contribution in [0.2, 0.25) is 0 Å². The standard InChI is InChI=1S/C14H15FN2OS/c1-10-16-8-13(19-10)9-17-14(18)6-5-11-3-2-4-12(15)7-11/h2-4,7-8H,5-6,9H2,1H3,(H,17,18). The fraction of sp³-hybridized carbons (Fsp3) is 0.286. The first-order valence-electron chi connectivity index (χ1n) is 6.06. The predicted octanol–water partition coefficient (Wildman–Crippen LogP) is 2.84. The van der Waals surface area contributed by atoms with Crippen molar-refractivity contribution < 1.29 is 9.18 Å². The summed E-state index contributed by atoms with van der Waals surface area (Å²) in [6.45, 7) is 2.44. The molecule has 0 aliphatic heterocycles. The van der Waals surface area contributed by atoms with Crippen LogP contribution in [0, 0.1) is 12.7 Å². The van der Waals surface area contributed by atoms with E-state index in [1.54, 1.807) is 23.6 Å². The van der Waals surface area contributed by atoms with Gasteiger partial charge in [0.15, 0.2) is 0 Å². The summed E-state index contributed by atoms with van der Waals surface area (Å²) in [6, 6.07) is 6.33. The van der Waals surface area contributed by atoms with Crippen LogP contribution in [-0.2, 0) is 17.8 Å². The lowest BCUT2D eigenvalue weighted by molar-refractivity contribution is -0.121. The van der Waals surface area contributed by atoms with Crippen molar-refractivity contribution in [2.75, 3.05) is 0 Å². The van der Waals surface area contributed by atoms with E-state index in [0.717, 1.165) is 15.4 Å². The molecule has 0 fully saturated rings. The Labute approximate surface area is 115 Å². The topological polar surface area (TPSA) is 42.0 Å². The minimum Gasteiger partial charge on any atom is -0.351 e. The van der Waals surface area contributed by atoms with Crippen molar-refractivity contribution in [1.82, 2.24) is 10.3 Å². The first-order chi connectivity index (χ1) is 9.13. The molecule has 0 unspecified atom stereocenters. The molecule has 0 bridgehead atoms. The minimum atomic E-state index is -0.266. The fourth-order valence-corrected chi connectivity index (χ4v) is 2.45. The van der Waals surface area contributed by atoms with Gasteiger partial charge < -0.3 is 5.32 Å². The molecule has 1 N–H and O–H groups in total. The smallest absolute Gasteiger partial charge is 0.220 e. The Kier molecular flexibility index (Phi) is 4.63. The molecule has 19 heavy (non-hydrogen) atoms. The third-order valence-electron chi connectivity index (χ3n) is 2.66. The van der Waals surface area contributed by atoms with E-state index in [2.05, 4.69) is 10.3 Å². The van der Waals surface area contributed by atoms with Gasteiger partial charge in [0.1, 0.15) is 5.82 Å². The molecule has 100 valence electrons. The number of nitrogens with zero attached hydrogens (tertiary/aromatic N) is 1. The van der Waals surface area contributed by atoms with Crippen LogP contribution in [0.5, 0.6) is 0 Å². The van der Waals surface area contributed by atoms with Crippen molar-refractivity contribution in [3.8, 4) is 0 Å². The Morgan fingerprint density at radius 2 is 2.32 bits per heavy atom. The van der Waals surface area contributed by atoms with Crippen LogP contribution >= 0.6 is 11.3 Å². The van der Waals surface area contributed by atoms with Crippen LogP contribution in [0.15, 0.2) is 30.5 Å². The minimum absolute atomic E-state index is 0.0321. The van der Waals surface area contributed by atoms with E-state index in [9.17, 15) is 9.18 Å². The second kappa shape index (κ2) is 6.43. The third kappa shape index (κ3) is 4.44. The van der Waals surface area contributed by atoms with Crippen LogP contribution in [0.25, 0.3) is 0 Å². The summed E-state index contributed by atoms with van der Waals surface area (Å²) >= 11 is 1.57. The maximum absolute atomic E-state index is 13.0. The molecule has 0 atom stereocenters. The average Bonchev–Trinajstić information content (AvgIpc) is 2.80. The molecule has 1 amide bonds. The monoisotopic (exact) mass is 278 g/mol. The lowest BCUT2D eigenvalue weighted by Gasteiger charge is -2.03. The van der Waals surface area contributed by atoms with Gasteiger partial charge in [0.2, 0.25) is 5.91 Å². The molecule has 0 saturated heterocycles. The van der Waals surface area contributed by atoms with E-state index in [1.165, 1.54) is 12.1 Å². The van der Waals surface area contributed by atoms with E-state index in [-0.39, 0.29) is 11.7 Å². The summed E-state index contributed by atoms with van der Waals surface area (Å²) < 4.78 is 13.0. The van der Waals surface area contributed by atoms with Crippen molar-refractivity contribution in [1.29, 1.82) is 0 Å². The quantitative estimate of drug-likeness (QED) is 0.913. The molecule has 2 rings (SSSR count). The number of amides is 1. The number of carbonyl (C=O) groups excluding carboxylic acids is 1. The number of rotatable bonds is 5. The largest absolute Gasteiger partial charge is 0.351 e. The molecule has 2 aromatic rings. The maximum Gasteiger partial charge on any atom is 0.220 e. The molecule has 5 heteroatoms. The van der Waals surface area contributed by atoms with E-state index in [0.29, 0.717) is 19.4 Å². The number of hydrogen-bond acceptors (Lipinski definition) is 3. The SMILES string of the molecule is Cc1ncc(CNC(=O)CCc2cccc(F)c2)s1. The first kappa shape index (κ1) is 13.7. The van der Waals surface area contributed by atoms with Gasteiger partial charge in [-0.05, 0) is 31.0 Å². The van der Waals surface area contributed by atoms with Gasteiger partial charge in [-0.25, -0.2) is 9.37 Å². The van der Waals surface area contributed by atoms with Gasteiger partial charge in [-0.15, -0.1) is 11.3 Å². The molecule has 3 nitrogen and oxygen atoms in total. The third-order valence-corrected chi connectivity index (χ3v) is 3.57. The zero-order chi connectivity index (χ0) is 13.7. The summed E-state index contributed by atoms with van der Waals surface area (Å²) in [5.74, 6) is -0.298. The predicted molar refractivity (Wildman–Crippen MR) is 73.4 cm³/mol. The molecule has 1 aromatic heterocycles. The number of nitrogens with one attached hydrogen (secondary N) is 1. The molecule has 0 saturated carbocycles. The lowest BCUT2D eigenvalue weighted by atomic mass is 10.1. The van der Waals surface area contributed by atoms with E-state index < -0.39 is 0 Å². The Morgan fingerprint density at radius 3 is 3.00 bits per heavy atom. The number of halogens is 1. The van der Waals surface area contributed by atoms with Crippen LogP contribution in [0.4, 0.5) is 4.39 Å². The van der Waals surface area contributed by atoms with Crippen molar-refractivity contribution in [2.24, 2.45) is 0 Å². The van der Waals surface area contributed by atoms with Crippen molar-refractivity contribution in [2.45, 2.75) is 26.3 Å². The second-order valence-electron chi connectivity index (χ2n) is 4.25. The highest BCUT2D eigenvalue weighted by Crippen LogP contribution is 2.11. The Balaban J connectivity index is 1.75. The van der Waals surface area contributed by atoms with E-state index in [1.807, 2.05) is 13.0 Å². The highest BCUT2D eigenvalue weighted by atomic mass is 32.1. The van der Waals surface area contributed by atoms with Crippen LogP contribution in [-0.4, -0.2) is 10.9 Å². The number of hydrogen-bond donors (Lipinski definition) is 1. The van der Waals surface area contributed by atoms with Gasteiger partial charge in [-0.3, -0.25) is 4.79 Å². The molecule has 1 aromatic carbocycles. The molecule has 1 heterocycles. The van der Waals surface area contributed by atoms with E-state index >= 15 is 0 Å². The number of benzene rings is 1. The Hall–Kier alpha value is -1.75. The average molecular weight is 278 g/mol. The zero-order valence-electron chi connectivity index (χ0n) is 10.6. The normalized spacial score (nSPS) is 10.4. The molecular weight excluding hydrogens is 263 g/mol.